The summed E-state index contributed by atoms with van der Waals surface area (Å²) in [5, 5.41) is 16.3. The van der Waals surface area contributed by atoms with Gasteiger partial charge in [0.25, 0.3) is 0 Å². The van der Waals surface area contributed by atoms with Gasteiger partial charge in [-0.2, -0.15) is 5.26 Å². The zero-order valence-corrected chi connectivity index (χ0v) is 39.4. The fraction of sp³-hybridized carbons (Fsp3) is 0.618. The summed E-state index contributed by atoms with van der Waals surface area (Å²) in [7, 11) is 0. The molecule has 0 aromatic heterocycles. The van der Waals surface area contributed by atoms with E-state index in [4.69, 9.17) is 0 Å². The molecular formula is C55H77N3O4. The van der Waals surface area contributed by atoms with Gasteiger partial charge in [0.2, 0.25) is 11.8 Å². The zero-order valence-electron chi connectivity index (χ0n) is 39.4. The number of nitrogens with zero attached hydrogens (tertiary/aromatic N) is 1. The normalized spacial score (nSPS) is 32.7. The Labute approximate surface area is 374 Å². The van der Waals surface area contributed by atoms with Crippen molar-refractivity contribution in [2.45, 2.75) is 152 Å². The number of rotatable bonds is 18. The second-order valence-electron chi connectivity index (χ2n) is 21.0. The summed E-state index contributed by atoms with van der Waals surface area (Å²) in [5.41, 5.74) is -1.39. The van der Waals surface area contributed by atoms with Crippen molar-refractivity contribution in [3.05, 3.63) is 96.2 Å². The molecule has 7 heteroatoms. The van der Waals surface area contributed by atoms with Gasteiger partial charge in [0.15, 0.2) is 11.6 Å². The van der Waals surface area contributed by atoms with Gasteiger partial charge in [0, 0.05) is 36.3 Å². The fourth-order valence-corrected chi connectivity index (χ4v) is 12.5. The summed E-state index contributed by atoms with van der Waals surface area (Å²) < 4.78 is 0. The van der Waals surface area contributed by atoms with E-state index in [1.54, 1.807) is 0 Å². The molecule has 5 rings (SSSR count). The van der Waals surface area contributed by atoms with Crippen LogP contribution in [0.15, 0.2) is 96.2 Å². The van der Waals surface area contributed by atoms with Gasteiger partial charge in [-0.05, 0) is 124 Å². The first kappa shape index (κ1) is 48.7. The van der Waals surface area contributed by atoms with Crippen LogP contribution in [0.2, 0.25) is 0 Å². The largest absolute Gasteiger partial charge is 0.354 e. The van der Waals surface area contributed by atoms with Crippen molar-refractivity contribution in [1.82, 2.24) is 10.6 Å². The number of allylic oxidation sites excluding steroid dienone is 16. The van der Waals surface area contributed by atoms with Crippen LogP contribution < -0.4 is 10.6 Å². The highest BCUT2D eigenvalue weighted by Crippen LogP contribution is 2.74. The number of nitriles is 1. The standard InChI is InChI=1S/C55H77N3O4/c1-9-10-11-12-13-14-15-16-17-18-19-20-21-22-23-24-25-26-27-28-46(60)57-35-36-58-49(62)55-33-31-50(2,3)39-42(55)47-43(59)37-45-52(6)38-41(40-56)48(61)51(4,5)44(52)29-30-53(45,7)54(47,8)32-34-55/h10-11,13-14,16-17,19-20,22-23,25-26,37-38,42,44,47H,9,12,15,18,21,24,27-36,39H2,1-8H3,(H,57,60)(H,58,62)/b11-10-,14-13-,17-16-,20-19-,23-22-,26-25-/t42-,44-,47-,52-,53+,54+,55-/m0/s1. The van der Waals surface area contributed by atoms with Gasteiger partial charge in [0.05, 0.1) is 11.0 Å². The minimum Gasteiger partial charge on any atom is -0.354 e. The van der Waals surface area contributed by atoms with Crippen LogP contribution in [0.1, 0.15) is 152 Å². The van der Waals surface area contributed by atoms with E-state index < -0.39 is 16.2 Å². The average molecular weight is 844 g/mol. The molecule has 5 aliphatic carbocycles. The Morgan fingerprint density at radius 3 is 1.87 bits per heavy atom. The molecule has 7 atom stereocenters. The average Bonchev–Trinajstić information content (AvgIpc) is 3.22. The second kappa shape index (κ2) is 20.5. The summed E-state index contributed by atoms with van der Waals surface area (Å²) in [6.07, 6.45) is 42.3. The second-order valence-corrected chi connectivity index (χ2v) is 21.0. The Kier molecular flexibility index (Phi) is 16.1. The van der Waals surface area contributed by atoms with Gasteiger partial charge in [-0.15, -0.1) is 0 Å². The number of hydrogen-bond donors (Lipinski definition) is 2. The molecule has 0 heterocycles. The maximum atomic E-state index is 14.8. The van der Waals surface area contributed by atoms with Crippen molar-refractivity contribution < 1.29 is 19.2 Å². The number of hydrogen-bond acceptors (Lipinski definition) is 5. The molecule has 0 bridgehead atoms. The Balaban J connectivity index is 1.11. The van der Waals surface area contributed by atoms with Gasteiger partial charge in [0.1, 0.15) is 6.07 Å². The number of nitrogens with one attached hydrogen (secondary N) is 2. The van der Waals surface area contributed by atoms with Crippen molar-refractivity contribution in [3.8, 4) is 6.07 Å². The molecule has 3 fully saturated rings. The van der Waals surface area contributed by atoms with E-state index in [1.165, 1.54) is 0 Å². The number of amides is 2. The summed E-state index contributed by atoms with van der Waals surface area (Å²) in [5.74, 6) is -0.434. The molecule has 5 aliphatic rings. The van der Waals surface area contributed by atoms with Gasteiger partial charge in [-0.3, -0.25) is 19.2 Å². The number of carbonyl (C=O) groups is 4. The molecule has 62 heavy (non-hydrogen) atoms. The molecule has 336 valence electrons. The van der Waals surface area contributed by atoms with Crippen molar-refractivity contribution in [1.29, 1.82) is 5.26 Å². The zero-order chi connectivity index (χ0) is 45.2. The van der Waals surface area contributed by atoms with Gasteiger partial charge in [-0.25, -0.2) is 0 Å². The molecule has 0 radical (unpaired) electrons. The molecule has 0 spiro atoms. The number of Topliss-reactive ketones (excluding diaryl/α,β-unsaturated/α-hetero) is 1. The van der Waals surface area contributed by atoms with E-state index in [9.17, 15) is 24.4 Å². The van der Waals surface area contributed by atoms with Crippen LogP contribution in [0, 0.1) is 61.6 Å². The van der Waals surface area contributed by atoms with Gasteiger partial charge < -0.3 is 10.6 Å². The van der Waals surface area contributed by atoms with E-state index in [1.807, 2.05) is 26.0 Å². The van der Waals surface area contributed by atoms with Crippen molar-refractivity contribution in [2.75, 3.05) is 13.1 Å². The Morgan fingerprint density at radius 1 is 0.742 bits per heavy atom. The Hall–Kier alpha value is -4.31. The van der Waals surface area contributed by atoms with Crippen LogP contribution in [-0.2, 0) is 19.2 Å². The van der Waals surface area contributed by atoms with Crippen LogP contribution >= 0.6 is 0 Å². The number of fused-ring (bicyclic) bond motifs is 7. The first-order chi connectivity index (χ1) is 29.4. The lowest BCUT2D eigenvalue weighted by Gasteiger charge is -2.69. The van der Waals surface area contributed by atoms with Gasteiger partial charge >= 0.3 is 0 Å². The molecule has 0 aromatic carbocycles. The van der Waals surface area contributed by atoms with E-state index in [2.05, 4.69) is 131 Å². The molecule has 3 saturated carbocycles. The third kappa shape index (κ3) is 10.1. The van der Waals surface area contributed by atoms with Crippen molar-refractivity contribution >= 4 is 23.4 Å². The molecule has 0 aromatic rings. The van der Waals surface area contributed by atoms with E-state index in [-0.39, 0.29) is 63.0 Å². The molecule has 7 nitrogen and oxygen atoms in total. The van der Waals surface area contributed by atoms with E-state index >= 15 is 0 Å². The van der Waals surface area contributed by atoms with Crippen molar-refractivity contribution in [2.24, 2.45) is 50.2 Å². The monoisotopic (exact) mass is 844 g/mol. The minimum absolute atomic E-state index is 0.00306. The predicted molar refractivity (Wildman–Crippen MR) is 252 cm³/mol. The van der Waals surface area contributed by atoms with Crippen LogP contribution in [0.4, 0.5) is 0 Å². The topological polar surface area (TPSA) is 116 Å². The van der Waals surface area contributed by atoms with Crippen LogP contribution in [0.3, 0.4) is 0 Å². The third-order valence-corrected chi connectivity index (χ3v) is 16.2. The van der Waals surface area contributed by atoms with E-state index in [0.717, 1.165) is 82.6 Å². The lowest BCUT2D eigenvalue weighted by molar-refractivity contribution is -0.178. The molecule has 0 saturated heterocycles. The number of carbonyl (C=O) groups excluding carboxylic acids is 4. The molecular weight excluding hydrogens is 767 g/mol. The molecule has 2 amide bonds. The minimum atomic E-state index is -0.709. The van der Waals surface area contributed by atoms with Crippen LogP contribution in [-0.4, -0.2) is 36.5 Å². The summed E-state index contributed by atoms with van der Waals surface area (Å²) in [6.45, 7) is 18.1. The smallest absolute Gasteiger partial charge is 0.226 e. The lowest BCUT2D eigenvalue weighted by Crippen LogP contribution is -2.66. The maximum Gasteiger partial charge on any atom is 0.226 e. The molecule has 2 N–H and O–H groups in total. The molecule has 0 unspecified atom stereocenters. The highest BCUT2D eigenvalue weighted by Gasteiger charge is 2.70. The van der Waals surface area contributed by atoms with E-state index in [0.29, 0.717) is 32.4 Å². The maximum absolute atomic E-state index is 14.8. The molecule has 0 aliphatic heterocycles. The summed E-state index contributed by atoms with van der Waals surface area (Å²) >= 11 is 0. The Bertz CT molecular complexity index is 1970. The lowest BCUT2D eigenvalue weighted by atomic mass is 9.34. The summed E-state index contributed by atoms with van der Waals surface area (Å²) in [4.78, 5) is 55.4. The van der Waals surface area contributed by atoms with Gasteiger partial charge in [-0.1, -0.05) is 140 Å². The Morgan fingerprint density at radius 2 is 1.29 bits per heavy atom. The number of ketones is 2. The highest BCUT2D eigenvalue weighted by molar-refractivity contribution is 6.04. The van der Waals surface area contributed by atoms with Crippen LogP contribution in [0.25, 0.3) is 0 Å². The quantitative estimate of drug-likeness (QED) is 0.105. The summed E-state index contributed by atoms with van der Waals surface area (Å²) in [6, 6.07) is 2.20. The fourth-order valence-electron chi connectivity index (χ4n) is 12.5. The SMILES string of the molecule is CC/C=C\C/C=C\C/C=C\C/C=C\C/C=C\C/C=C\CCC(=O)NCCNC(=O)[C@]12CCC(C)(C)C[C@H]1[C@H]1C(=O)C=C3[C@@]4(C)C=C(C#N)C(=O)C(C)(C)[C@@H]4CC[C@@]3(C)[C@]1(C)CC2. The third-order valence-electron chi connectivity index (χ3n) is 16.2. The first-order valence-electron chi connectivity index (χ1n) is 23.8. The predicted octanol–water partition coefficient (Wildman–Crippen LogP) is 11.9. The highest BCUT2D eigenvalue weighted by atomic mass is 16.2. The first-order valence-corrected chi connectivity index (χ1v) is 23.8. The van der Waals surface area contributed by atoms with Crippen molar-refractivity contribution in [3.63, 3.8) is 0 Å². The van der Waals surface area contributed by atoms with Crippen LogP contribution in [0.5, 0.6) is 0 Å².